The Morgan fingerprint density at radius 3 is 2.48 bits per heavy atom. The average molecular weight is 433 g/mol. The van der Waals surface area contributed by atoms with Gasteiger partial charge in [-0.2, -0.15) is 0 Å². The molecule has 2 aromatic carbocycles. The second-order valence-corrected chi connectivity index (χ2v) is 7.72. The van der Waals surface area contributed by atoms with E-state index in [0.29, 0.717) is 13.1 Å². The normalized spacial score (nSPS) is 11.4. The Balaban J connectivity index is 1.56. The van der Waals surface area contributed by atoms with Crippen LogP contribution in [0.2, 0.25) is 0 Å². The maximum absolute atomic E-state index is 5.79. The zero-order valence-corrected chi connectivity index (χ0v) is 17.6. The van der Waals surface area contributed by atoms with Gasteiger partial charge in [-0.1, -0.05) is 54.6 Å². The summed E-state index contributed by atoms with van der Waals surface area (Å²) in [4.78, 5) is 5.06. The van der Waals surface area contributed by atoms with Crippen LogP contribution in [0.3, 0.4) is 0 Å². The fraction of sp³-hybridized carbons (Fsp3) is 0.0833. The molecule has 0 unspecified atom stereocenters. The summed E-state index contributed by atoms with van der Waals surface area (Å²) in [5, 5.41) is 21.1. The molecule has 6 aromatic rings. The topological polar surface area (TPSA) is 113 Å². The third-order valence-electron chi connectivity index (χ3n) is 5.68. The minimum Gasteiger partial charge on any atom is -0.326 e. The van der Waals surface area contributed by atoms with Crippen LogP contribution in [-0.2, 0) is 13.1 Å². The van der Waals surface area contributed by atoms with Crippen molar-refractivity contribution in [3.05, 3.63) is 90.6 Å². The highest BCUT2D eigenvalue weighted by atomic mass is 15.5. The molecule has 0 aliphatic carbocycles. The first-order chi connectivity index (χ1) is 16.3. The summed E-state index contributed by atoms with van der Waals surface area (Å²) in [5.74, 6) is 0.738. The Morgan fingerprint density at radius 2 is 1.73 bits per heavy atom. The van der Waals surface area contributed by atoms with E-state index in [4.69, 9.17) is 10.7 Å². The van der Waals surface area contributed by atoms with Gasteiger partial charge in [0, 0.05) is 29.3 Å². The fourth-order valence-electron chi connectivity index (χ4n) is 4.00. The number of benzene rings is 2. The number of nitrogens with zero attached hydrogens (tertiary/aromatic N) is 8. The third-order valence-corrected chi connectivity index (χ3v) is 5.68. The van der Waals surface area contributed by atoms with Crippen LogP contribution in [0.4, 0.5) is 0 Å². The number of fused-ring (bicyclic) bond motifs is 3. The van der Waals surface area contributed by atoms with Crippen LogP contribution in [0.5, 0.6) is 0 Å². The van der Waals surface area contributed by atoms with E-state index in [1.54, 1.807) is 11.0 Å². The lowest BCUT2D eigenvalue weighted by molar-refractivity contribution is 0.619. The monoisotopic (exact) mass is 433 g/mol. The van der Waals surface area contributed by atoms with Gasteiger partial charge >= 0.3 is 0 Å². The zero-order valence-electron chi connectivity index (χ0n) is 17.6. The van der Waals surface area contributed by atoms with E-state index in [1.165, 1.54) is 0 Å². The molecule has 0 spiro atoms. The van der Waals surface area contributed by atoms with Gasteiger partial charge in [0.2, 0.25) is 0 Å². The van der Waals surface area contributed by atoms with E-state index in [-0.39, 0.29) is 0 Å². The molecule has 0 fully saturated rings. The number of tetrazole rings is 1. The predicted octanol–water partition coefficient (Wildman–Crippen LogP) is 3.11. The van der Waals surface area contributed by atoms with Crippen molar-refractivity contribution in [1.82, 2.24) is 39.8 Å². The molecule has 0 bridgehead atoms. The molecule has 9 nitrogen and oxygen atoms in total. The van der Waals surface area contributed by atoms with E-state index in [2.05, 4.69) is 56.1 Å². The van der Waals surface area contributed by atoms with E-state index in [1.807, 2.05) is 47.0 Å². The molecule has 0 saturated carbocycles. The molecule has 4 aromatic heterocycles. The molecule has 33 heavy (non-hydrogen) atoms. The van der Waals surface area contributed by atoms with Crippen LogP contribution in [-0.4, -0.2) is 39.8 Å². The summed E-state index contributed by atoms with van der Waals surface area (Å²) in [5.41, 5.74) is 12.5. The van der Waals surface area contributed by atoms with Gasteiger partial charge in [-0.3, -0.25) is 4.40 Å². The Morgan fingerprint density at radius 1 is 0.879 bits per heavy atom. The summed E-state index contributed by atoms with van der Waals surface area (Å²) < 4.78 is 3.57. The predicted molar refractivity (Wildman–Crippen MR) is 124 cm³/mol. The second-order valence-electron chi connectivity index (χ2n) is 7.72. The maximum atomic E-state index is 5.79. The maximum Gasteiger partial charge on any atom is 0.170 e. The summed E-state index contributed by atoms with van der Waals surface area (Å²) >= 11 is 0. The Bertz CT molecular complexity index is 1550. The SMILES string of the molecule is NCc1ccc(-c2nc3ccn4c(Cn5cnnn5)nnc4c3cc2-c2ccccc2)cc1. The molecule has 0 amide bonds. The molecule has 4 heterocycles. The summed E-state index contributed by atoms with van der Waals surface area (Å²) in [6, 6.07) is 22.6. The summed E-state index contributed by atoms with van der Waals surface area (Å²) in [6.07, 6.45) is 3.49. The lowest BCUT2D eigenvalue weighted by Gasteiger charge is -2.12. The zero-order chi connectivity index (χ0) is 22.2. The number of rotatable bonds is 5. The largest absolute Gasteiger partial charge is 0.326 e. The third kappa shape index (κ3) is 3.40. The number of pyridine rings is 2. The van der Waals surface area contributed by atoms with Crippen LogP contribution in [0.25, 0.3) is 38.9 Å². The first-order valence-corrected chi connectivity index (χ1v) is 10.5. The average Bonchev–Trinajstić information content (AvgIpc) is 3.54. The van der Waals surface area contributed by atoms with Gasteiger partial charge in [0.15, 0.2) is 11.5 Å². The molecule has 2 N–H and O–H groups in total. The van der Waals surface area contributed by atoms with Crippen LogP contribution in [0.1, 0.15) is 11.4 Å². The Hall–Kier alpha value is -4.50. The standard InChI is InChI=1S/C24H19N9/c25-13-16-6-8-18(9-7-16)23-19(17-4-2-1-3-5-17)12-20-21(27-23)10-11-33-22(28-29-24(20)33)14-32-15-26-30-31-32/h1-12,15H,13-14,25H2. The van der Waals surface area contributed by atoms with E-state index >= 15 is 0 Å². The molecule has 0 radical (unpaired) electrons. The van der Waals surface area contributed by atoms with Crippen molar-refractivity contribution in [3.8, 4) is 22.4 Å². The molecule has 6 rings (SSSR count). The molecule has 0 atom stereocenters. The lowest BCUT2D eigenvalue weighted by Crippen LogP contribution is -2.05. The lowest BCUT2D eigenvalue weighted by atomic mass is 9.97. The summed E-state index contributed by atoms with van der Waals surface area (Å²) in [6.45, 7) is 0.930. The molecule has 0 aliphatic heterocycles. The quantitative estimate of drug-likeness (QED) is 0.444. The van der Waals surface area contributed by atoms with Crippen LogP contribution < -0.4 is 5.73 Å². The first-order valence-electron chi connectivity index (χ1n) is 10.5. The van der Waals surface area contributed by atoms with Crippen molar-refractivity contribution >= 4 is 16.6 Å². The van der Waals surface area contributed by atoms with Crippen molar-refractivity contribution in [1.29, 1.82) is 0 Å². The minimum absolute atomic E-state index is 0.421. The molecular formula is C24H19N9. The summed E-state index contributed by atoms with van der Waals surface area (Å²) in [7, 11) is 0. The van der Waals surface area contributed by atoms with Gasteiger partial charge in [0.05, 0.1) is 11.2 Å². The van der Waals surface area contributed by atoms with Gasteiger partial charge in [-0.15, -0.1) is 15.3 Å². The van der Waals surface area contributed by atoms with Crippen molar-refractivity contribution in [2.45, 2.75) is 13.1 Å². The highest BCUT2D eigenvalue weighted by molar-refractivity contribution is 5.98. The molecule has 160 valence electrons. The molecule has 0 aliphatic rings. The van der Waals surface area contributed by atoms with Crippen LogP contribution in [0.15, 0.2) is 79.3 Å². The number of aromatic nitrogens is 8. The van der Waals surface area contributed by atoms with E-state index in [0.717, 1.165) is 50.3 Å². The van der Waals surface area contributed by atoms with Crippen LogP contribution in [0, 0.1) is 0 Å². The molecular weight excluding hydrogens is 414 g/mol. The highest BCUT2D eigenvalue weighted by Crippen LogP contribution is 2.34. The molecule has 9 heteroatoms. The van der Waals surface area contributed by atoms with Gasteiger partial charge < -0.3 is 5.73 Å². The number of hydrogen-bond acceptors (Lipinski definition) is 7. The van der Waals surface area contributed by atoms with E-state index < -0.39 is 0 Å². The fourth-order valence-corrected chi connectivity index (χ4v) is 4.00. The van der Waals surface area contributed by atoms with E-state index in [9.17, 15) is 0 Å². The van der Waals surface area contributed by atoms with Crippen LogP contribution >= 0.6 is 0 Å². The number of hydrogen-bond donors (Lipinski definition) is 1. The van der Waals surface area contributed by atoms with Crippen molar-refractivity contribution in [2.75, 3.05) is 0 Å². The van der Waals surface area contributed by atoms with Crippen molar-refractivity contribution < 1.29 is 0 Å². The van der Waals surface area contributed by atoms with Gasteiger partial charge in [0.25, 0.3) is 0 Å². The Labute approximate surface area is 188 Å². The van der Waals surface area contributed by atoms with Crippen molar-refractivity contribution in [3.63, 3.8) is 0 Å². The molecule has 0 saturated heterocycles. The number of nitrogens with two attached hydrogens (primary N) is 1. The highest BCUT2D eigenvalue weighted by Gasteiger charge is 2.16. The van der Waals surface area contributed by atoms with Gasteiger partial charge in [-0.25, -0.2) is 9.67 Å². The Kier molecular flexibility index (Phi) is 4.59. The van der Waals surface area contributed by atoms with Gasteiger partial charge in [0.1, 0.15) is 12.9 Å². The van der Waals surface area contributed by atoms with Crippen molar-refractivity contribution in [2.24, 2.45) is 5.73 Å². The smallest absolute Gasteiger partial charge is 0.170 e. The second kappa shape index (κ2) is 7.88. The minimum atomic E-state index is 0.421. The van der Waals surface area contributed by atoms with Gasteiger partial charge in [-0.05, 0) is 33.7 Å². The first kappa shape index (κ1) is 19.2.